The molecule has 0 radical (unpaired) electrons. The predicted molar refractivity (Wildman–Crippen MR) is 92.6 cm³/mol. The van der Waals surface area contributed by atoms with Gasteiger partial charge in [0.25, 0.3) is 0 Å². The van der Waals surface area contributed by atoms with Gasteiger partial charge in [-0.1, -0.05) is 11.6 Å². The van der Waals surface area contributed by atoms with E-state index in [-0.39, 0.29) is 22.3 Å². The zero-order valence-corrected chi connectivity index (χ0v) is 15.7. The first kappa shape index (κ1) is 20.3. The molecule has 2 rings (SSSR count). The summed E-state index contributed by atoms with van der Waals surface area (Å²) < 4.78 is 37.4. The third kappa shape index (κ3) is 4.22. The number of hydrogen-bond acceptors (Lipinski definition) is 5. The first-order valence-corrected chi connectivity index (χ1v) is 8.84. The number of methoxy groups -OCH3 is 2. The quantitative estimate of drug-likeness (QED) is 0.841. The number of piperidine rings is 1. The Hall–Kier alpha value is -0.730. The molecule has 0 bridgehead atoms. The monoisotopic (exact) mass is 384 g/mol. The Balaban J connectivity index is 0.00000264. The van der Waals surface area contributed by atoms with Gasteiger partial charge in [0.05, 0.1) is 19.2 Å². The fourth-order valence-electron chi connectivity index (χ4n) is 2.56. The Morgan fingerprint density at radius 1 is 1.17 bits per heavy atom. The van der Waals surface area contributed by atoms with Gasteiger partial charge in [0.1, 0.15) is 4.90 Å². The van der Waals surface area contributed by atoms with Crippen molar-refractivity contribution in [2.24, 2.45) is 0 Å². The Morgan fingerprint density at radius 3 is 2.17 bits per heavy atom. The molecule has 0 unspecified atom stereocenters. The summed E-state index contributed by atoms with van der Waals surface area (Å²) in [5.74, 6) is 0.746. The highest BCUT2D eigenvalue weighted by Gasteiger charge is 2.31. The van der Waals surface area contributed by atoms with Crippen molar-refractivity contribution in [2.75, 3.05) is 34.4 Å². The molecule has 1 saturated heterocycles. The molecule has 6 nitrogen and oxygen atoms in total. The summed E-state index contributed by atoms with van der Waals surface area (Å²) in [5, 5.41) is 3.31. The van der Waals surface area contributed by atoms with Gasteiger partial charge in [-0.2, -0.15) is 4.31 Å². The summed E-state index contributed by atoms with van der Waals surface area (Å²) in [5.41, 5.74) is 0. The molecule has 132 valence electrons. The number of nitrogens with zero attached hydrogens (tertiary/aromatic N) is 1. The van der Waals surface area contributed by atoms with Crippen molar-refractivity contribution in [3.8, 4) is 11.5 Å². The van der Waals surface area contributed by atoms with Gasteiger partial charge in [-0.05, 0) is 19.9 Å². The van der Waals surface area contributed by atoms with Gasteiger partial charge in [0.15, 0.2) is 11.5 Å². The molecular formula is C14H22Cl2N2O4S. The van der Waals surface area contributed by atoms with Gasteiger partial charge in [-0.3, -0.25) is 0 Å². The standard InChI is InChI=1S/C14H21ClN2O4S.ClH/c1-16-10-4-6-17(7-5-10)22(18,19)14-9-13(21-3)12(20-2)8-11(14)15;/h8-10,16H,4-7H2,1-3H3;1H. The van der Waals surface area contributed by atoms with Crippen LogP contribution in [-0.4, -0.2) is 53.1 Å². The Bertz CT molecular complexity index is 632. The van der Waals surface area contributed by atoms with Gasteiger partial charge in [-0.15, -0.1) is 12.4 Å². The molecule has 0 amide bonds. The number of rotatable bonds is 5. The van der Waals surface area contributed by atoms with Gasteiger partial charge in [-0.25, -0.2) is 8.42 Å². The lowest BCUT2D eigenvalue weighted by Crippen LogP contribution is -2.43. The van der Waals surface area contributed by atoms with E-state index in [1.54, 1.807) is 0 Å². The second-order valence-electron chi connectivity index (χ2n) is 5.10. The smallest absolute Gasteiger partial charge is 0.244 e. The van der Waals surface area contributed by atoms with Crippen molar-refractivity contribution >= 4 is 34.0 Å². The van der Waals surface area contributed by atoms with Crippen LogP contribution in [0.25, 0.3) is 0 Å². The number of hydrogen-bond donors (Lipinski definition) is 1. The molecule has 1 fully saturated rings. The molecule has 1 aromatic carbocycles. The topological polar surface area (TPSA) is 67.9 Å². The fraction of sp³-hybridized carbons (Fsp3) is 0.571. The molecule has 1 aliphatic rings. The van der Waals surface area contributed by atoms with Crippen molar-refractivity contribution in [2.45, 2.75) is 23.8 Å². The molecule has 9 heteroatoms. The number of nitrogens with one attached hydrogen (secondary N) is 1. The summed E-state index contributed by atoms with van der Waals surface area (Å²) in [6, 6.07) is 3.24. The minimum atomic E-state index is -3.64. The third-order valence-corrected chi connectivity index (χ3v) is 6.28. The van der Waals surface area contributed by atoms with E-state index < -0.39 is 10.0 Å². The van der Waals surface area contributed by atoms with E-state index in [4.69, 9.17) is 21.1 Å². The minimum Gasteiger partial charge on any atom is -0.493 e. The van der Waals surface area contributed by atoms with Crippen LogP contribution in [-0.2, 0) is 10.0 Å². The van der Waals surface area contributed by atoms with Crippen molar-refractivity contribution < 1.29 is 17.9 Å². The molecule has 1 N–H and O–H groups in total. The summed E-state index contributed by atoms with van der Waals surface area (Å²) in [4.78, 5) is 0.0507. The van der Waals surface area contributed by atoms with Crippen molar-refractivity contribution in [3.63, 3.8) is 0 Å². The van der Waals surface area contributed by atoms with Crippen LogP contribution in [0.5, 0.6) is 11.5 Å². The third-order valence-electron chi connectivity index (χ3n) is 3.92. The maximum absolute atomic E-state index is 12.8. The largest absolute Gasteiger partial charge is 0.493 e. The van der Waals surface area contributed by atoms with E-state index in [9.17, 15) is 8.42 Å². The molecular weight excluding hydrogens is 363 g/mol. The summed E-state index contributed by atoms with van der Waals surface area (Å²) in [6.45, 7) is 0.941. The normalized spacial score (nSPS) is 16.7. The van der Waals surface area contributed by atoms with E-state index in [0.717, 1.165) is 12.8 Å². The zero-order chi connectivity index (χ0) is 16.3. The van der Waals surface area contributed by atoms with Crippen LogP contribution >= 0.6 is 24.0 Å². The molecule has 0 atom stereocenters. The van der Waals surface area contributed by atoms with E-state index >= 15 is 0 Å². The van der Waals surface area contributed by atoms with Crippen molar-refractivity contribution in [1.29, 1.82) is 0 Å². The lowest BCUT2D eigenvalue weighted by Gasteiger charge is -2.31. The Labute approximate surface area is 148 Å². The lowest BCUT2D eigenvalue weighted by atomic mass is 10.1. The Morgan fingerprint density at radius 2 is 1.70 bits per heavy atom. The highest BCUT2D eigenvalue weighted by atomic mass is 35.5. The molecule has 0 spiro atoms. The van der Waals surface area contributed by atoms with Gasteiger partial charge >= 0.3 is 0 Å². The maximum atomic E-state index is 12.8. The first-order valence-electron chi connectivity index (χ1n) is 7.03. The number of ether oxygens (including phenoxy) is 2. The molecule has 0 aliphatic carbocycles. The summed E-state index contributed by atoms with van der Waals surface area (Å²) >= 11 is 6.14. The van der Waals surface area contributed by atoms with Crippen LogP contribution in [0.2, 0.25) is 5.02 Å². The molecule has 23 heavy (non-hydrogen) atoms. The van der Waals surface area contributed by atoms with Crippen LogP contribution < -0.4 is 14.8 Å². The zero-order valence-electron chi connectivity index (χ0n) is 13.3. The molecule has 0 aromatic heterocycles. The number of sulfonamides is 1. The van der Waals surface area contributed by atoms with E-state index in [2.05, 4.69) is 5.32 Å². The number of halogens is 2. The molecule has 1 heterocycles. The van der Waals surface area contributed by atoms with Crippen LogP contribution in [0.1, 0.15) is 12.8 Å². The predicted octanol–water partition coefficient (Wildman–Crippen LogP) is 2.15. The SMILES string of the molecule is CNC1CCN(S(=O)(=O)c2cc(OC)c(OC)cc2Cl)CC1.Cl. The number of benzene rings is 1. The van der Waals surface area contributed by atoms with E-state index in [1.807, 2.05) is 7.05 Å². The average molecular weight is 385 g/mol. The first-order chi connectivity index (χ1) is 10.4. The van der Waals surface area contributed by atoms with Gasteiger partial charge in [0, 0.05) is 31.3 Å². The van der Waals surface area contributed by atoms with Crippen LogP contribution in [0.3, 0.4) is 0 Å². The van der Waals surface area contributed by atoms with E-state index in [1.165, 1.54) is 30.7 Å². The lowest BCUT2D eigenvalue weighted by molar-refractivity contribution is 0.298. The summed E-state index contributed by atoms with van der Waals surface area (Å²) in [7, 11) is 1.18. The Kier molecular flexibility index (Phi) is 7.41. The molecule has 0 saturated carbocycles. The van der Waals surface area contributed by atoms with Crippen molar-refractivity contribution in [3.05, 3.63) is 17.2 Å². The van der Waals surface area contributed by atoms with E-state index in [0.29, 0.717) is 30.6 Å². The van der Waals surface area contributed by atoms with Gasteiger partial charge < -0.3 is 14.8 Å². The maximum Gasteiger partial charge on any atom is 0.244 e. The molecule has 1 aromatic rings. The van der Waals surface area contributed by atoms with Crippen molar-refractivity contribution in [1.82, 2.24) is 9.62 Å². The second kappa shape index (κ2) is 8.39. The highest BCUT2D eigenvalue weighted by molar-refractivity contribution is 7.89. The van der Waals surface area contributed by atoms with Crippen LogP contribution in [0.4, 0.5) is 0 Å². The average Bonchev–Trinajstić information content (AvgIpc) is 2.54. The van der Waals surface area contributed by atoms with Crippen LogP contribution in [0, 0.1) is 0 Å². The second-order valence-corrected chi connectivity index (χ2v) is 7.42. The van der Waals surface area contributed by atoms with Crippen LogP contribution in [0.15, 0.2) is 17.0 Å². The summed E-state index contributed by atoms with van der Waals surface area (Å²) in [6.07, 6.45) is 1.56. The minimum absolute atomic E-state index is 0. The molecule has 1 aliphatic heterocycles. The van der Waals surface area contributed by atoms with Gasteiger partial charge in [0.2, 0.25) is 10.0 Å². The highest BCUT2D eigenvalue weighted by Crippen LogP contribution is 2.36. The fourth-order valence-corrected chi connectivity index (χ4v) is 4.53.